The van der Waals surface area contributed by atoms with E-state index in [1.165, 1.54) is 11.3 Å². The van der Waals surface area contributed by atoms with Crippen LogP contribution in [0.5, 0.6) is 0 Å². The topological polar surface area (TPSA) is 81.2 Å². The minimum Gasteiger partial charge on any atom is -0.465 e. The molecule has 1 amide bonds. The highest BCUT2D eigenvalue weighted by Crippen LogP contribution is 2.09. The smallest absolute Gasteiger partial charge is 0.271 e. The highest BCUT2D eigenvalue weighted by molar-refractivity contribution is 7.09. The van der Waals surface area contributed by atoms with Gasteiger partial charge in [0.2, 0.25) is 0 Å². The van der Waals surface area contributed by atoms with Gasteiger partial charge in [-0.1, -0.05) is 0 Å². The molecule has 2 rings (SSSR count). The zero-order chi connectivity index (χ0) is 12.3. The van der Waals surface area contributed by atoms with Crippen molar-refractivity contribution in [1.82, 2.24) is 10.3 Å². The lowest BCUT2D eigenvalue weighted by atomic mass is 10.4. The first-order chi connectivity index (χ1) is 8.19. The Morgan fingerprint density at radius 2 is 2.41 bits per heavy atom. The summed E-state index contributed by atoms with van der Waals surface area (Å²) >= 11 is 1.38. The molecular weight excluding hydrogens is 238 g/mol. The van der Waals surface area contributed by atoms with Gasteiger partial charge in [-0.05, 0) is 19.1 Å². The molecule has 0 spiro atoms. The normalized spacial score (nSPS) is 10.5. The van der Waals surface area contributed by atoms with Crippen LogP contribution in [0.25, 0.3) is 0 Å². The Morgan fingerprint density at radius 3 is 3.00 bits per heavy atom. The molecule has 5 nitrogen and oxygen atoms in total. The number of aromatic nitrogens is 1. The Bertz CT molecular complexity index is 518. The van der Waals surface area contributed by atoms with Crippen LogP contribution in [-0.2, 0) is 13.1 Å². The summed E-state index contributed by atoms with van der Waals surface area (Å²) in [7, 11) is 0. The molecule has 0 saturated carbocycles. The van der Waals surface area contributed by atoms with Gasteiger partial charge in [-0.2, -0.15) is 0 Å². The monoisotopic (exact) mass is 251 g/mol. The lowest BCUT2D eigenvalue weighted by molar-refractivity contribution is 0.0943. The fourth-order valence-electron chi connectivity index (χ4n) is 1.35. The van der Waals surface area contributed by atoms with Crippen LogP contribution in [0.1, 0.15) is 27.0 Å². The highest BCUT2D eigenvalue weighted by atomic mass is 32.1. The zero-order valence-corrected chi connectivity index (χ0v) is 10.2. The zero-order valence-electron chi connectivity index (χ0n) is 9.40. The Labute approximate surface area is 103 Å². The number of hydrogen-bond acceptors (Lipinski definition) is 5. The summed E-state index contributed by atoms with van der Waals surface area (Å²) in [5.74, 6) is 1.34. The van der Waals surface area contributed by atoms with Gasteiger partial charge in [-0.3, -0.25) is 4.79 Å². The van der Waals surface area contributed by atoms with Gasteiger partial charge in [0, 0.05) is 11.9 Å². The number of aryl methyl sites for hydroxylation is 1. The minimum absolute atomic E-state index is 0.213. The molecule has 2 aromatic heterocycles. The van der Waals surface area contributed by atoms with E-state index in [9.17, 15) is 4.79 Å². The summed E-state index contributed by atoms with van der Waals surface area (Å²) in [5, 5.41) is 5.19. The second-order valence-corrected chi connectivity index (χ2v) is 4.47. The number of carbonyl (C=O) groups excluding carboxylic acids is 1. The van der Waals surface area contributed by atoms with Gasteiger partial charge in [0.05, 0.1) is 6.54 Å². The van der Waals surface area contributed by atoms with Crippen molar-refractivity contribution in [2.24, 2.45) is 5.73 Å². The van der Waals surface area contributed by atoms with Gasteiger partial charge in [-0.15, -0.1) is 11.3 Å². The molecule has 0 fully saturated rings. The maximum absolute atomic E-state index is 11.7. The molecule has 0 aliphatic carbocycles. The molecule has 2 heterocycles. The van der Waals surface area contributed by atoms with Crippen molar-refractivity contribution in [2.45, 2.75) is 20.0 Å². The van der Waals surface area contributed by atoms with Crippen molar-refractivity contribution < 1.29 is 9.21 Å². The first-order valence-electron chi connectivity index (χ1n) is 5.17. The first kappa shape index (κ1) is 11.8. The molecule has 3 N–H and O–H groups in total. The van der Waals surface area contributed by atoms with E-state index in [0.717, 1.165) is 16.5 Å². The van der Waals surface area contributed by atoms with E-state index in [-0.39, 0.29) is 5.91 Å². The summed E-state index contributed by atoms with van der Waals surface area (Å²) in [6.45, 7) is 2.58. The second-order valence-electron chi connectivity index (χ2n) is 3.53. The van der Waals surface area contributed by atoms with E-state index < -0.39 is 0 Å². The lowest BCUT2D eigenvalue weighted by Crippen LogP contribution is -2.22. The maximum atomic E-state index is 11.7. The standard InChI is InChI=1S/C11H13N3O2S/c1-7-2-3-8(16-7)5-13-11(15)9-6-17-10(4-12)14-9/h2-3,6H,4-5,12H2,1H3,(H,13,15). The molecule has 2 aromatic rings. The van der Waals surface area contributed by atoms with Gasteiger partial charge in [0.1, 0.15) is 22.2 Å². The number of rotatable bonds is 4. The number of furan rings is 1. The van der Waals surface area contributed by atoms with Crippen molar-refractivity contribution in [3.63, 3.8) is 0 Å². The predicted octanol–water partition coefficient (Wildman–Crippen LogP) is 1.43. The number of nitrogens with two attached hydrogens (primary N) is 1. The number of carbonyl (C=O) groups is 1. The van der Waals surface area contributed by atoms with Crippen LogP contribution >= 0.6 is 11.3 Å². The molecule has 0 aliphatic heterocycles. The molecule has 0 atom stereocenters. The Morgan fingerprint density at radius 1 is 1.59 bits per heavy atom. The first-order valence-corrected chi connectivity index (χ1v) is 6.05. The highest BCUT2D eigenvalue weighted by Gasteiger charge is 2.10. The van der Waals surface area contributed by atoms with Crippen molar-refractivity contribution in [1.29, 1.82) is 0 Å². The van der Waals surface area contributed by atoms with Crippen molar-refractivity contribution in [3.8, 4) is 0 Å². The third kappa shape index (κ3) is 2.92. The number of nitrogens with one attached hydrogen (secondary N) is 1. The average Bonchev–Trinajstić information content (AvgIpc) is 2.94. The number of hydrogen-bond donors (Lipinski definition) is 2. The molecule has 0 radical (unpaired) electrons. The second kappa shape index (κ2) is 5.11. The third-order valence-corrected chi connectivity index (χ3v) is 3.05. The Hall–Kier alpha value is -1.66. The van der Waals surface area contributed by atoms with Gasteiger partial charge in [-0.25, -0.2) is 4.98 Å². The van der Waals surface area contributed by atoms with Crippen molar-refractivity contribution in [2.75, 3.05) is 0 Å². The SMILES string of the molecule is Cc1ccc(CNC(=O)c2csc(CN)n2)o1. The number of thiazole rings is 1. The van der Waals surface area contributed by atoms with E-state index in [0.29, 0.717) is 18.8 Å². The summed E-state index contributed by atoms with van der Waals surface area (Å²) in [5.41, 5.74) is 5.83. The molecule has 6 heteroatoms. The molecule has 0 aromatic carbocycles. The van der Waals surface area contributed by atoms with Crippen LogP contribution in [-0.4, -0.2) is 10.9 Å². The van der Waals surface area contributed by atoms with Gasteiger partial charge in [0.15, 0.2) is 0 Å². The van der Waals surface area contributed by atoms with E-state index in [1.807, 2.05) is 19.1 Å². The van der Waals surface area contributed by atoms with E-state index in [4.69, 9.17) is 10.2 Å². The number of nitrogens with zero attached hydrogens (tertiary/aromatic N) is 1. The average molecular weight is 251 g/mol. The summed E-state index contributed by atoms with van der Waals surface area (Å²) in [6.07, 6.45) is 0. The molecule has 0 unspecified atom stereocenters. The molecule has 0 bridgehead atoms. The van der Waals surface area contributed by atoms with Gasteiger partial charge < -0.3 is 15.5 Å². The van der Waals surface area contributed by atoms with E-state index in [1.54, 1.807) is 5.38 Å². The molecule has 0 aliphatic rings. The van der Waals surface area contributed by atoms with Crippen LogP contribution in [0.2, 0.25) is 0 Å². The van der Waals surface area contributed by atoms with Crippen LogP contribution in [0.4, 0.5) is 0 Å². The summed E-state index contributed by atoms with van der Waals surface area (Å²) in [4.78, 5) is 15.8. The fraction of sp³-hybridized carbons (Fsp3) is 0.273. The van der Waals surface area contributed by atoms with Crippen molar-refractivity contribution >= 4 is 17.2 Å². The quantitative estimate of drug-likeness (QED) is 0.861. The Balaban J connectivity index is 1.93. The van der Waals surface area contributed by atoms with Crippen LogP contribution in [0, 0.1) is 6.92 Å². The van der Waals surface area contributed by atoms with Crippen LogP contribution in [0.3, 0.4) is 0 Å². The van der Waals surface area contributed by atoms with Crippen molar-refractivity contribution in [3.05, 3.63) is 39.7 Å². The van der Waals surface area contributed by atoms with E-state index in [2.05, 4.69) is 10.3 Å². The third-order valence-electron chi connectivity index (χ3n) is 2.18. The minimum atomic E-state index is -0.213. The number of amides is 1. The Kier molecular flexibility index (Phi) is 3.55. The fourth-order valence-corrected chi connectivity index (χ4v) is 2.00. The van der Waals surface area contributed by atoms with Crippen LogP contribution in [0.15, 0.2) is 21.9 Å². The molecule has 0 saturated heterocycles. The lowest BCUT2D eigenvalue weighted by Gasteiger charge is -1.99. The van der Waals surface area contributed by atoms with Gasteiger partial charge in [0.25, 0.3) is 5.91 Å². The summed E-state index contributed by atoms with van der Waals surface area (Å²) < 4.78 is 5.34. The molecular formula is C11H13N3O2S. The van der Waals surface area contributed by atoms with Crippen LogP contribution < -0.4 is 11.1 Å². The largest absolute Gasteiger partial charge is 0.465 e. The maximum Gasteiger partial charge on any atom is 0.271 e. The molecule has 17 heavy (non-hydrogen) atoms. The summed E-state index contributed by atoms with van der Waals surface area (Å²) in [6, 6.07) is 3.69. The van der Waals surface area contributed by atoms with E-state index >= 15 is 0 Å². The molecule has 90 valence electrons. The predicted molar refractivity (Wildman–Crippen MR) is 64.6 cm³/mol. The van der Waals surface area contributed by atoms with Gasteiger partial charge >= 0.3 is 0 Å².